The van der Waals surface area contributed by atoms with E-state index in [0.717, 1.165) is 0 Å². The molecule has 0 amide bonds. The molecule has 20 heavy (non-hydrogen) atoms. The van der Waals surface area contributed by atoms with Crippen LogP contribution in [-0.2, 0) is 0 Å². The summed E-state index contributed by atoms with van der Waals surface area (Å²) in [7, 11) is 0. The molecule has 3 aliphatic carbocycles. The van der Waals surface area contributed by atoms with E-state index >= 15 is 0 Å². The number of hydrogen-bond acceptors (Lipinski definition) is 0. The Morgan fingerprint density at radius 3 is 2.85 bits per heavy atom. The standard InChI is InChI=1S/C20H14/c1-2-7-17-15(4-1)12-16-9-8-13-5-3-6-14-10-11-18(17)20(16)19(13)14/h1-12,16-17H. The van der Waals surface area contributed by atoms with Crippen LogP contribution in [0.5, 0.6) is 0 Å². The third kappa shape index (κ3) is 1.21. The highest BCUT2D eigenvalue weighted by Gasteiger charge is 2.29. The van der Waals surface area contributed by atoms with Gasteiger partial charge in [0.05, 0.1) is 0 Å². The van der Waals surface area contributed by atoms with E-state index < -0.39 is 0 Å². The van der Waals surface area contributed by atoms with Crippen molar-refractivity contribution in [2.75, 3.05) is 0 Å². The Morgan fingerprint density at radius 2 is 1.85 bits per heavy atom. The number of hydrogen-bond donors (Lipinski definition) is 0. The minimum atomic E-state index is 0.436. The van der Waals surface area contributed by atoms with Crippen LogP contribution in [0.3, 0.4) is 0 Å². The van der Waals surface area contributed by atoms with Crippen molar-refractivity contribution in [3.8, 4) is 0 Å². The Morgan fingerprint density at radius 1 is 0.850 bits per heavy atom. The number of allylic oxidation sites excluding steroid dienone is 7. The van der Waals surface area contributed by atoms with Crippen molar-refractivity contribution in [3.63, 3.8) is 0 Å². The summed E-state index contributed by atoms with van der Waals surface area (Å²) in [6.45, 7) is 0. The molecular weight excluding hydrogens is 240 g/mol. The van der Waals surface area contributed by atoms with Gasteiger partial charge in [-0.15, -0.1) is 0 Å². The lowest BCUT2D eigenvalue weighted by Crippen LogP contribution is -2.14. The first kappa shape index (κ1) is 10.4. The third-order valence-corrected chi connectivity index (χ3v) is 4.74. The molecule has 0 radical (unpaired) electrons. The maximum Gasteiger partial charge on any atom is 0.0273 e. The Balaban J connectivity index is 1.92. The fourth-order valence-corrected chi connectivity index (χ4v) is 3.87. The Kier molecular flexibility index (Phi) is 1.88. The summed E-state index contributed by atoms with van der Waals surface area (Å²) in [6, 6.07) is 11.2. The zero-order valence-corrected chi connectivity index (χ0v) is 11.1. The fourth-order valence-electron chi connectivity index (χ4n) is 3.87. The van der Waals surface area contributed by atoms with Crippen LogP contribution in [0.1, 0.15) is 28.5 Å². The lowest BCUT2D eigenvalue weighted by atomic mass is 9.72. The van der Waals surface area contributed by atoms with Crippen LogP contribution in [0.4, 0.5) is 0 Å². The van der Waals surface area contributed by atoms with Crippen molar-refractivity contribution >= 4 is 16.8 Å². The average Bonchev–Trinajstić information content (AvgIpc) is 2.52. The highest BCUT2D eigenvalue weighted by molar-refractivity contribution is 5.97. The van der Waals surface area contributed by atoms with Gasteiger partial charge in [0.2, 0.25) is 0 Å². The average molecular weight is 254 g/mol. The van der Waals surface area contributed by atoms with E-state index in [1.807, 2.05) is 0 Å². The van der Waals surface area contributed by atoms with Gasteiger partial charge in [0.1, 0.15) is 0 Å². The first-order chi connectivity index (χ1) is 9.92. The Hall–Kier alpha value is -2.34. The molecule has 2 atom stereocenters. The number of benzene rings is 2. The third-order valence-electron chi connectivity index (χ3n) is 4.74. The first-order valence-electron chi connectivity index (χ1n) is 7.22. The minimum Gasteiger partial charge on any atom is -0.0726 e. The summed E-state index contributed by atoms with van der Waals surface area (Å²) in [4.78, 5) is 0. The second kappa shape index (κ2) is 3.61. The molecule has 0 bridgehead atoms. The molecule has 0 saturated carbocycles. The van der Waals surface area contributed by atoms with E-state index in [4.69, 9.17) is 0 Å². The highest BCUT2D eigenvalue weighted by Crippen LogP contribution is 2.47. The van der Waals surface area contributed by atoms with Crippen LogP contribution in [0, 0.1) is 0 Å². The van der Waals surface area contributed by atoms with Crippen molar-refractivity contribution < 1.29 is 0 Å². The maximum atomic E-state index is 2.43. The lowest BCUT2D eigenvalue weighted by Gasteiger charge is -2.32. The summed E-state index contributed by atoms with van der Waals surface area (Å²) in [6.07, 6.45) is 15.9. The summed E-state index contributed by atoms with van der Waals surface area (Å²) in [5.41, 5.74) is 5.81. The number of rotatable bonds is 0. The molecule has 0 aliphatic heterocycles. The molecule has 0 saturated heterocycles. The van der Waals surface area contributed by atoms with Crippen LogP contribution in [-0.4, -0.2) is 0 Å². The highest BCUT2D eigenvalue weighted by atomic mass is 14.3. The molecule has 2 unspecified atom stereocenters. The SMILES string of the molecule is C1=CC2=CC3C=Cc4cccc5ccc(c3c45)C2C=C1. The monoisotopic (exact) mass is 254 g/mol. The molecular formula is C20H14. The molecule has 2 aromatic rings. The van der Waals surface area contributed by atoms with Gasteiger partial charge < -0.3 is 0 Å². The summed E-state index contributed by atoms with van der Waals surface area (Å²) in [5, 5.41) is 2.82. The van der Waals surface area contributed by atoms with Crippen molar-refractivity contribution in [1.82, 2.24) is 0 Å². The van der Waals surface area contributed by atoms with Gasteiger partial charge in [-0.3, -0.25) is 0 Å². The Bertz CT molecular complexity index is 859. The molecule has 0 aromatic heterocycles. The second-order valence-electron chi connectivity index (χ2n) is 5.79. The molecule has 3 aliphatic rings. The van der Waals surface area contributed by atoms with Crippen LogP contribution < -0.4 is 0 Å². The lowest BCUT2D eigenvalue weighted by molar-refractivity contribution is 0.897. The van der Waals surface area contributed by atoms with Gasteiger partial charge in [-0.05, 0) is 33.0 Å². The van der Waals surface area contributed by atoms with Gasteiger partial charge in [0, 0.05) is 11.8 Å². The normalized spacial score (nSPS) is 24.7. The maximum absolute atomic E-state index is 2.43. The van der Waals surface area contributed by atoms with Gasteiger partial charge in [-0.25, -0.2) is 0 Å². The molecule has 5 rings (SSSR count). The van der Waals surface area contributed by atoms with Crippen LogP contribution in [0.2, 0.25) is 0 Å². The molecule has 94 valence electrons. The quantitative estimate of drug-likeness (QED) is 0.613. The predicted octanol–water partition coefficient (Wildman–Crippen LogP) is 5.10. The van der Waals surface area contributed by atoms with Crippen LogP contribution in [0.15, 0.2) is 72.4 Å². The largest absolute Gasteiger partial charge is 0.0726 e. The van der Waals surface area contributed by atoms with Gasteiger partial charge in [-0.2, -0.15) is 0 Å². The van der Waals surface area contributed by atoms with Crippen molar-refractivity contribution in [3.05, 3.63) is 89.1 Å². The van der Waals surface area contributed by atoms with Crippen molar-refractivity contribution in [2.45, 2.75) is 11.8 Å². The zero-order valence-electron chi connectivity index (χ0n) is 11.1. The first-order valence-corrected chi connectivity index (χ1v) is 7.22. The van der Waals surface area contributed by atoms with E-state index in [0.29, 0.717) is 11.8 Å². The van der Waals surface area contributed by atoms with Crippen molar-refractivity contribution in [1.29, 1.82) is 0 Å². The topological polar surface area (TPSA) is 0 Å². The van der Waals surface area contributed by atoms with E-state index in [9.17, 15) is 0 Å². The molecule has 0 heterocycles. The molecule has 0 N–H and O–H groups in total. The smallest absolute Gasteiger partial charge is 0.0273 e. The summed E-state index contributed by atoms with van der Waals surface area (Å²) < 4.78 is 0. The molecule has 0 heteroatoms. The molecule has 0 nitrogen and oxygen atoms in total. The van der Waals surface area contributed by atoms with Gasteiger partial charge in [-0.1, -0.05) is 72.9 Å². The predicted molar refractivity (Wildman–Crippen MR) is 84.8 cm³/mol. The van der Waals surface area contributed by atoms with E-state index in [1.54, 1.807) is 0 Å². The van der Waals surface area contributed by atoms with Gasteiger partial charge in [0.15, 0.2) is 0 Å². The molecule has 0 spiro atoms. The summed E-state index contributed by atoms with van der Waals surface area (Å²) >= 11 is 0. The van der Waals surface area contributed by atoms with Gasteiger partial charge >= 0.3 is 0 Å². The molecule has 0 fully saturated rings. The zero-order chi connectivity index (χ0) is 13.1. The van der Waals surface area contributed by atoms with Crippen LogP contribution in [0.25, 0.3) is 16.8 Å². The van der Waals surface area contributed by atoms with E-state index in [-0.39, 0.29) is 0 Å². The minimum absolute atomic E-state index is 0.436. The van der Waals surface area contributed by atoms with Crippen LogP contribution >= 0.6 is 0 Å². The second-order valence-corrected chi connectivity index (χ2v) is 5.79. The number of fused-ring (bicyclic) bond motifs is 2. The van der Waals surface area contributed by atoms with E-state index in [1.165, 1.54) is 33.0 Å². The van der Waals surface area contributed by atoms with Gasteiger partial charge in [0.25, 0.3) is 0 Å². The molecule has 2 aromatic carbocycles. The summed E-state index contributed by atoms with van der Waals surface area (Å²) in [5.74, 6) is 0.876. The van der Waals surface area contributed by atoms with E-state index in [2.05, 4.69) is 72.9 Å². The van der Waals surface area contributed by atoms with Crippen molar-refractivity contribution in [2.24, 2.45) is 0 Å². The fraction of sp³-hybridized carbons (Fsp3) is 0.100. The Labute approximate surface area is 118 Å².